The van der Waals surface area contributed by atoms with Gasteiger partial charge in [-0.1, -0.05) is 17.7 Å². The van der Waals surface area contributed by atoms with Crippen molar-refractivity contribution in [3.63, 3.8) is 0 Å². The zero-order valence-corrected chi connectivity index (χ0v) is 13.5. The lowest BCUT2D eigenvalue weighted by molar-refractivity contribution is -0.385. The molecule has 0 saturated heterocycles. The first kappa shape index (κ1) is 16.2. The van der Waals surface area contributed by atoms with Gasteiger partial charge in [-0.3, -0.25) is 10.1 Å². The van der Waals surface area contributed by atoms with Gasteiger partial charge in [0.25, 0.3) is 5.69 Å². The molecule has 2 aromatic rings. The average Bonchev–Trinajstić information content (AvgIpc) is 2.53. The summed E-state index contributed by atoms with van der Waals surface area (Å²) in [5.41, 5.74) is 1.83. The van der Waals surface area contributed by atoms with Gasteiger partial charge in [-0.05, 0) is 25.1 Å². The zero-order chi connectivity index (χ0) is 16.1. The molecule has 0 aliphatic rings. The number of benzene rings is 2. The Morgan fingerprint density at radius 2 is 1.68 bits per heavy atom. The van der Waals surface area contributed by atoms with E-state index in [4.69, 9.17) is 9.47 Å². The van der Waals surface area contributed by atoms with Crippen molar-refractivity contribution in [2.75, 3.05) is 14.2 Å². The number of rotatable bonds is 6. The molecule has 0 unspecified atom stereocenters. The Morgan fingerprint density at radius 3 is 2.23 bits per heavy atom. The maximum Gasteiger partial charge on any atom is 0.277 e. The number of nitro benzene ring substituents is 1. The minimum Gasteiger partial charge on any atom is -0.493 e. The summed E-state index contributed by atoms with van der Waals surface area (Å²) >= 11 is 1.55. The predicted molar refractivity (Wildman–Crippen MR) is 86.9 cm³/mol. The first-order chi connectivity index (χ1) is 10.5. The largest absolute Gasteiger partial charge is 0.493 e. The van der Waals surface area contributed by atoms with Gasteiger partial charge in [0.2, 0.25) is 0 Å². The standard InChI is InChI=1S/C16H17NO4S/c1-11-4-6-13(7-5-11)22-10-12-8-15(20-2)16(21-3)9-14(12)17(18)19/h4-9H,10H2,1-3H3. The predicted octanol–water partition coefficient (Wildman–Crippen LogP) is 4.21. The molecule has 2 rings (SSSR count). The molecule has 22 heavy (non-hydrogen) atoms. The highest BCUT2D eigenvalue weighted by molar-refractivity contribution is 7.98. The third-order valence-electron chi connectivity index (χ3n) is 3.20. The number of hydrogen-bond acceptors (Lipinski definition) is 5. The number of methoxy groups -OCH3 is 2. The van der Waals surface area contributed by atoms with Crippen LogP contribution in [0.1, 0.15) is 11.1 Å². The van der Waals surface area contributed by atoms with Crippen LogP contribution in [0, 0.1) is 17.0 Å². The Kier molecular flexibility index (Phi) is 5.27. The fourth-order valence-electron chi connectivity index (χ4n) is 1.99. The lowest BCUT2D eigenvalue weighted by atomic mass is 10.2. The van der Waals surface area contributed by atoms with E-state index in [1.54, 1.807) is 17.8 Å². The molecule has 2 aromatic carbocycles. The number of thioether (sulfide) groups is 1. The Bertz CT molecular complexity index is 671. The molecular formula is C16H17NO4S. The van der Waals surface area contributed by atoms with Gasteiger partial charge in [0.05, 0.1) is 25.2 Å². The van der Waals surface area contributed by atoms with E-state index in [1.807, 2.05) is 31.2 Å². The number of nitro groups is 1. The quantitative estimate of drug-likeness (QED) is 0.453. The Morgan fingerprint density at radius 1 is 1.09 bits per heavy atom. The van der Waals surface area contributed by atoms with Gasteiger partial charge in [-0.15, -0.1) is 11.8 Å². The van der Waals surface area contributed by atoms with Gasteiger partial charge >= 0.3 is 0 Å². The minimum absolute atomic E-state index is 0.0391. The Balaban J connectivity index is 2.28. The van der Waals surface area contributed by atoms with Crippen LogP contribution in [0.25, 0.3) is 0 Å². The van der Waals surface area contributed by atoms with Crippen LogP contribution in [0.2, 0.25) is 0 Å². The maximum atomic E-state index is 11.2. The summed E-state index contributed by atoms with van der Waals surface area (Å²) in [5, 5.41) is 11.2. The van der Waals surface area contributed by atoms with Crippen molar-refractivity contribution in [1.82, 2.24) is 0 Å². The van der Waals surface area contributed by atoms with Crippen LogP contribution in [0.4, 0.5) is 5.69 Å². The maximum absolute atomic E-state index is 11.2. The van der Waals surface area contributed by atoms with E-state index in [1.165, 1.54) is 25.8 Å². The molecule has 0 radical (unpaired) electrons. The molecule has 6 heteroatoms. The highest BCUT2D eigenvalue weighted by Crippen LogP contribution is 2.37. The van der Waals surface area contributed by atoms with Gasteiger partial charge in [-0.2, -0.15) is 0 Å². The van der Waals surface area contributed by atoms with Crippen LogP contribution in [0.15, 0.2) is 41.3 Å². The molecule has 0 aliphatic carbocycles. The summed E-state index contributed by atoms with van der Waals surface area (Å²) in [6.07, 6.45) is 0. The molecule has 0 spiro atoms. The molecule has 5 nitrogen and oxygen atoms in total. The topological polar surface area (TPSA) is 61.6 Å². The number of ether oxygens (including phenoxy) is 2. The van der Waals surface area contributed by atoms with Crippen molar-refractivity contribution in [3.05, 3.63) is 57.6 Å². The summed E-state index contributed by atoms with van der Waals surface area (Å²) < 4.78 is 10.3. The highest BCUT2D eigenvalue weighted by atomic mass is 32.2. The van der Waals surface area contributed by atoms with E-state index in [0.717, 1.165) is 4.90 Å². The SMILES string of the molecule is COc1cc(CSc2ccc(C)cc2)c([N+](=O)[O-])cc1OC. The van der Waals surface area contributed by atoms with Crippen LogP contribution in [-0.4, -0.2) is 19.1 Å². The van der Waals surface area contributed by atoms with Crippen LogP contribution in [0.5, 0.6) is 11.5 Å². The van der Waals surface area contributed by atoms with Crippen LogP contribution in [0.3, 0.4) is 0 Å². The van der Waals surface area contributed by atoms with Gasteiger partial charge in [-0.25, -0.2) is 0 Å². The molecule has 0 N–H and O–H groups in total. The number of nitrogens with zero attached hydrogens (tertiary/aromatic N) is 1. The molecule has 0 heterocycles. The van der Waals surface area contributed by atoms with Crippen molar-refractivity contribution < 1.29 is 14.4 Å². The molecule has 116 valence electrons. The smallest absolute Gasteiger partial charge is 0.277 e. The summed E-state index contributed by atoms with van der Waals surface area (Å²) in [6.45, 7) is 2.02. The van der Waals surface area contributed by atoms with E-state index in [2.05, 4.69) is 0 Å². The van der Waals surface area contributed by atoms with Gasteiger partial charge in [0.15, 0.2) is 11.5 Å². The fourth-order valence-corrected chi connectivity index (χ4v) is 2.87. The first-order valence-electron chi connectivity index (χ1n) is 6.64. The molecule has 0 atom stereocenters. The molecule has 0 aliphatic heterocycles. The van der Waals surface area contributed by atoms with E-state index in [9.17, 15) is 10.1 Å². The average molecular weight is 319 g/mol. The Labute approximate surface area is 133 Å². The van der Waals surface area contributed by atoms with E-state index in [0.29, 0.717) is 22.8 Å². The van der Waals surface area contributed by atoms with Crippen LogP contribution >= 0.6 is 11.8 Å². The van der Waals surface area contributed by atoms with E-state index >= 15 is 0 Å². The van der Waals surface area contributed by atoms with Crippen molar-refractivity contribution >= 4 is 17.4 Å². The second-order valence-corrected chi connectivity index (χ2v) is 5.74. The normalized spacial score (nSPS) is 10.3. The van der Waals surface area contributed by atoms with Crippen molar-refractivity contribution in [1.29, 1.82) is 0 Å². The fraction of sp³-hybridized carbons (Fsp3) is 0.250. The van der Waals surface area contributed by atoms with Gasteiger partial charge < -0.3 is 9.47 Å². The highest BCUT2D eigenvalue weighted by Gasteiger charge is 2.19. The van der Waals surface area contributed by atoms with Crippen molar-refractivity contribution in [2.45, 2.75) is 17.6 Å². The molecule has 0 aromatic heterocycles. The number of aryl methyl sites for hydroxylation is 1. The molecule has 0 amide bonds. The second-order valence-electron chi connectivity index (χ2n) is 4.69. The molecule has 0 bridgehead atoms. The summed E-state index contributed by atoms with van der Waals surface area (Å²) in [4.78, 5) is 11.9. The second kappa shape index (κ2) is 7.17. The van der Waals surface area contributed by atoms with Crippen LogP contribution < -0.4 is 9.47 Å². The van der Waals surface area contributed by atoms with E-state index < -0.39 is 4.92 Å². The molecule has 0 fully saturated rings. The van der Waals surface area contributed by atoms with Crippen LogP contribution in [-0.2, 0) is 5.75 Å². The lowest BCUT2D eigenvalue weighted by Crippen LogP contribution is -1.98. The minimum atomic E-state index is -0.396. The molecular weight excluding hydrogens is 302 g/mol. The monoisotopic (exact) mass is 319 g/mol. The summed E-state index contributed by atoms with van der Waals surface area (Å²) in [5.74, 6) is 1.34. The van der Waals surface area contributed by atoms with Crippen molar-refractivity contribution in [2.24, 2.45) is 0 Å². The van der Waals surface area contributed by atoms with Gasteiger partial charge in [0, 0.05) is 16.2 Å². The Hall–Kier alpha value is -2.21. The zero-order valence-electron chi connectivity index (χ0n) is 12.7. The van der Waals surface area contributed by atoms with Gasteiger partial charge in [0.1, 0.15) is 0 Å². The lowest BCUT2D eigenvalue weighted by Gasteiger charge is -2.10. The first-order valence-corrected chi connectivity index (χ1v) is 7.62. The van der Waals surface area contributed by atoms with E-state index in [-0.39, 0.29) is 5.69 Å². The molecule has 0 saturated carbocycles. The number of hydrogen-bond donors (Lipinski definition) is 0. The third kappa shape index (κ3) is 3.71. The van der Waals surface area contributed by atoms with Crippen molar-refractivity contribution in [3.8, 4) is 11.5 Å². The summed E-state index contributed by atoms with van der Waals surface area (Å²) in [6, 6.07) is 11.1. The third-order valence-corrected chi connectivity index (χ3v) is 4.26. The summed E-state index contributed by atoms with van der Waals surface area (Å²) in [7, 11) is 2.98.